The van der Waals surface area contributed by atoms with Crippen LogP contribution in [-0.2, 0) is 20.6 Å². The highest BCUT2D eigenvalue weighted by molar-refractivity contribution is 6.04. The molecule has 2 saturated heterocycles. The van der Waals surface area contributed by atoms with E-state index in [0.29, 0.717) is 18.5 Å². The molecule has 3 amide bonds. The van der Waals surface area contributed by atoms with E-state index in [0.717, 1.165) is 12.1 Å². The molecule has 27 heavy (non-hydrogen) atoms. The van der Waals surface area contributed by atoms with Gasteiger partial charge < -0.3 is 15.1 Å². The van der Waals surface area contributed by atoms with Crippen LogP contribution in [0.3, 0.4) is 0 Å². The maximum absolute atomic E-state index is 12.8. The zero-order valence-corrected chi connectivity index (χ0v) is 14.9. The number of benzene rings is 1. The lowest BCUT2D eigenvalue weighted by molar-refractivity contribution is -0.140. The smallest absolute Gasteiger partial charge is 0.344 e. The van der Waals surface area contributed by atoms with E-state index < -0.39 is 41.4 Å². The average molecular weight is 383 g/mol. The third-order valence-corrected chi connectivity index (χ3v) is 5.21. The van der Waals surface area contributed by atoms with Gasteiger partial charge in [-0.1, -0.05) is 12.1 Å². The molecule has 0 aromatic heterocycles. The molecular formula is C18H20F3N3O3. The minimum absolute atomic E-state index is 0.215. The summed E-state index contributed by atoms with van der Waals surface area (Å²) < 4.78 is 38.3. The minimum Gasteiger partial charge on any atom is -0.344 e. The van der Waals surface area contributed by atoms with E-state index in [1.807, 2.05) is 0 Å². The summed E-state index contributed by atoms with van der Waals surface area (Å²) in [6, 6.07) is 3.82. The molecule has 2 aliphatic rings. The van der Waals surface area contributed by atoms with Crippen molar-refractivity contribution in [1.82, 2.24) is 15.1 Å². The lowest BCUT2D eigenvalue weighted by Crippen LogP contribution is -2.45. The Bertz CT molecular complexity index is 763. The zero-order valence-electron chi connectivity index (χ0n) is 14.9. The lowest BCUT2D eigenvalue weighted by atomic mass is 9.87. The Morgan fingerprint density at radius 1 is 1.07 bits per heavy atom. The number of halogens is 3. The van der Waals surface area contributed by atoms with Crippen LogP contribution in [0.5, 0.6) is 0 Å². The van der Waals surface area contributed by atoms with Gasteiger partial charge in [-0.3, -0.25) is 14.4 Å². The van der Waals surface area contributed by atoms with Crippen LogP contribution < -0.4 is 5.32 Å². The second-order valence-electron chi connectivity index (χ2n) is 7.03. The fourth-order valence-corrected chi connectivity index (χ4v) is 3.63. The van der Waals surface area contributed by atoms with Gasteiger partial charge in [0.05, 0.1) is 5.56 Å². The van der Waals surface area contributed by atoms with E-state index >= 15 is 0 Å². The Balaban J connectivity index is 1.81. The van der Waals surface area contributed by atoms with Crippen molar-refractivity contribution in [3.8, 4) is 0 Å². The van der Waals surface area contributed by atoms with Crippen LogP contribution in [0.1, 0.15) is 23.5 Å². The fourth-order valence-electron chi connectivity index (χ4n) is 3.63. The number of alkyl halides is 3. The SMILES string of the molecule is CN1CCC(NC(=O)[C@H]2C(=O)N(C)C[C@@H]2c2ccc(C(F)(F)F)cc2)C1=O. The van der Waals surface area contributed by atoms with E-state index in [4.69, 9.17) is 0 Å². The molecule has 3 atom stereocenters. The third kappa shape index (κ3) is 3.63. The van der Waals surface area contributed by atoms with E-state index in [9.17, 15) is 27.6 Å². The number of nitrogens with zero attached hydrogens (tertiary/aromatic N) is 2. The van der Waals surface area contributed by atoms with Gasteiger partial charge in [-0.15, -0.1) is 0 Å². The fraction of sp³-hybridized carbons (Fsp3) is 0.500. The summed E-state index contributed by atoms with van der Waals surface area (Å²) in [7, 11) is 3.18. The first-order chi connectivity index (χ1) is 12.6. The summed E-state index contributed by atoms with van der Waals surface area (Å²) in [5.74, 6) is -2.82. The van der Waals surface area contributed by atoms with Gasteiger partial charge in [0.15, 0.2) is 0 Å². The van der Waals surface area contributed by atoms with Gasteiger partial charge >= 0.3 is 6.18 Å². The van der Waals surface area contributed by atoms with Crippen LogP contribution in [0.4, 0.5) is 13.2 Å². The molecule has 6 nitrogen and oxygen atoms in total. The largest absolute Gasteiger partial charge is 0.416 e. The Morgan fingerprint density at radius 3 is 2.22 bits per heavy atom. The van der Waals surface area contributed by atoms with E-state index in [1.54, 1.807) is 14.1 Å². The highest BCUT2D eigenvalue weighted by Gasteiger charge is 2.45. The number of carbonyl (C=O) groups excluding carboxylic acids is 3. The summed E-state index contributed by atoms with van der Waals surface area (Å²) in [5, 5.41) is 2.63. The lowest BCUT2D eigenvalue weighted by Gasteiger charge is -2.19. The van der Waals surface area contributed by atoms with Crippen molar-refractivity contribution in [1.29, 1.82) is 0 Å². The van der Waals surface area contributed by atoms with Crippen molar-refractivity contribution in [2.75, 3.05) is 27.2 Å². The van der Waals surface area contributed by atoms with Gasteiger partial charge in [0, 0.05) is 33.1 Å². The van der Waals surface area contributed by atoms with Crippen molar-refractivity contribution in [3.63, 3.8) is 0 Å². The van der Waals surface area contributed by atoms with E-state index in [-0.39, 0.29) is 12.5 Å². The predicted molar refractivity (Wildman–Crippen MR) is 89.5 cm³/mol. The molecule has 0 spiro atoms. The van der Waals surface area contributed by atoms with Crippen molar-refractivity contribution in [2.45, 2.75) is 24.6 Å². The maximum atomic E-state index is 12.8. The average Bonchev–Trinajstić information content (AvgIpc) is 3.08. The van der Waals surface area contributed by atoms with Crippen molar-refractivity contribution >= 4 is 17.7 Å². The predicted octanol–water partition coefficient (Wildman–Crippen LogP) is 1.22. The molecule has 2 heterocycles. The van der Waals surface area contributed by atoms with Crippen LogP contribution >= 0.6 is 0 Å². The first-order valence-electron chi connectivity index (χ1n) is 8.57. The van der Waals surface area contributed by atoms with Crippen LogP contribution in [0.15, 0.2) is 24.3 Å². The first kappa shape index (κ1) is 19.2. The van der Waals surface area contributed by atoms with Crippen LogP contribution in [0, 0.1) is 5.92 Å². The highest BCUT2D eigenvalue weighted by Crippen LogP contribution is 2.35. The van der Waals surface area contributed by atoms with E-state index in [2.05, 4.69) is 5.32 Å². The zero-order chi connectivity index (χ0) is 19.9. The Labute approximate surface area is 154 Å². The number of likely N-dealkylation sites (N-methyl/N-ethyl adjacent to an activating group) is 2. The molecule has 0 bridgehead atoms. The van der Waals surface area contributed by atoms with Crippen molar-refractivity contribution < 1.29 is 27.6 Å². The maximum Gasteiger partial charge on any atom is 0.416 e. The van der Waals surface area contributed by atoms with Gasteiger partial charge in [0.2, 0.25) is 17.7 Å². The molecule has 2 aliphatic heterocycles. The molecule has 0 aliphatic carbocycles. The quantitative estimate of drug-likeness (QED) is 0.798. The molecule has 146 valence electrons. The summed E-state index contributed by atoms with van der Waals surface area (Å²) in [6.45, 7) is 0.741. The molecule has 3 rings (SSSR count). The number of hydrogen-bond acceptors (Lipinski definition) is 3. The number of nitrogens with one attached hydrogen (secondary N) is 1. The first-order valence-corrected chi connectivity index (χ1v) is 8.57. The molecule has 1 unspecified atom stereocenters. The van der Waals surface area contributed by atoms with Crippen LogP contribution in [-0.4, -0.2) is 60.7 Å². The molecule has 1 aromatic rings. The molecule has 9 heteroatoms. The normalized spacial score (nSPS) is 26.0. The number of rotatable bonds is 3. The Morgan fingerprint density at radius 2 is 1.70 bits per heavy atom. The summed E-state index contributed by atoms with van der Waals surface area (Å²) in [4.78, 5) is 40.1. The van der Waals surface area contributed by atoms with Crippen LogP contribution in [0.25, 0.3) is 0 Å². The summed E-state index contributed by atoms with van der Waals surface area (Å²) in [6.07, 6.45) is -3.99. The molecule has 1 N–H and O–H groups in total. The second kappa shape index (κ2) is 6.86. The standard InChI is InChI=1S/C18H20F3N3O3/c1-23-8-7-13(16(23)26)22-15(25)14-12(9-24(2)17(14)27)10-3-5-11(6-4-10)18(19,20)21/h3-6,12-14H,7-9H2,1-2H3,(H,22,25)/t12-,13?,14+/m1/s1. The summed E-state index contributed by atoms with van der Waals surface area (Å²) >= 11 is 0. The van der Waals surface area contributed by atoms with Crippen molar-refractivity contribution in [2.24, 2.45) is 5.92 Å². The molecule has 0 saturated carbocycles. The van der Waals surface area contributed by atoms with Gasteiger partial charge in [0.1, 0.15) is 12.0 Å². The Kier molecular flexibility index (Phi) is 4.88. The number of amides is 3. The summed E-state index contributed by atoms with van der Waals surface area (Å²) in [5.41, 5.74) is -0.305. The molecular weight excluding hydrogens is 363 g/mol. The van der Waals surface area contributed by atoms with E-state index in [1.165, 1.54) is 21.9 Å². The van der Waals surface area contributed by atoms with Gasteiger partial charge in [0.25, 0.3) is 0 Å². The van der Waals surface area contributed by atoms with Crippen LogP contribution in [0.2, 0.25) is 0 Å². The third-order valence-electron chi connectivity index (χ3n) is 5.21. The van der Waals surface area contributed by atoms with Gasteiger partial charge in [-0.05, 0) is 24.1 Å². The molecule has 2 fully saturated rings. The number of carbonyl (C=O) groups is 3. The van der Waals surface area contributed by atoms with Gasteiger partial charge in [-0.25, -0.2) is 0 Å². The Hall–Kier alpha value is -2.58. The topological polar surface area (TPSA) is 69.7 Å². The number of likely N-dealkylation sites (tertiary alicyclic amines) is 2. The molecule has 0 radical (unpaired) electrons. The van der Waals surface area contributed by atoms with Gasteiger partial charge in [-0.2, -0.15) is 13.2 Å². The van der Waals surface area contributed by atoms with Crippen molar-refractivity contribution in [3.05, 3.63) is 35.4 Å². The minimum atomic E-state index is -4.45. The monoisotopic (exact) mass is 383 g/mol. The molecule has 1 aromatic carbocycles. The second-order valence-corrected chi connectivity index (χ2v) is 7.03. The highest BCUT2D eigenvalue weighted by atomic mass is 19.4. The number of hydrogen-bond donors (Lipinski definition) is 1.